The molecule has 1 aliphatic heterocycles. The zero-order valence-electron chi connectivity index (χ0n) is 15.2. The second kappa shape index (κ2) is 7.74. The van der Waals surface area contributed by atoms with Crippen LogP contribution in [0.4, 0.5) is 0 Å². The molecule has 0 radical (unpaired) electrons. The van der Waals surface area contributed by atoms with Crippen molar-refractivity contribution in [1.29, 1.82) is 0 Å². The third-order valence-electron chi connectivity index (χ3n) is 5.45. The highest BCUT2D eigenvalue weighted by Gasteiger charge is 2.24. The number of benzene rings is 1. The van der Waals surface area contributed by atoms with Crippen LogP contribution in [0.1, 0.15) is 36.4 Å². The lowest BCUT2D eigenvalue weighted by Crippen LogP contribution is -2.38. The van der Waals surface area contributed by atoms with Crippen molar-refractivity contribution in [2.75, 3.05) is 13.1 Å². The van der Waals surface area contributed by atoms with Gasteiger partial charge in [0.1, 0.15) is 5.75 Å². The number of piperidine rings is 1. The van der Waals surface area contributed by atoms with Crippen molar-refractivity contribution in [2.45, 2.75) is 31.6 Å². The molecule has 1 amide bonds. The van der Waals surface area contributed by atoms with Gasteiger partial charge in [-0.1, -0.05) is 24.3 Å². The SMILES string of the molecule is O=C(CCc1ncc2ccccc2c1O)N1CCC(c2ccncc2)CC1. The summed E-state index contributed by atoms with van der Waals surface area (Å²) in [5.41, 5.74) is 1.90. The molecule has 5 heteroatoms. The number of hydrogen-bond acceptors (Lipinski definition) is 4. The highest BCUT2D eigenvalue weighted by Crippen LogP contribution is 2.29. The smallest absolute Gasteiger partial charge is 0.222 e. The lowest BCUT2D eigenvalue weighted by Gasteiger charge is -2.32. The van der Waals surface area contributed by atoms with Crippen LogP contribution in [-0.4, -0.2) is 39.0 Å². The normalized spacial score (nSPS) is 15.2. The quantitative estimate of drug-likeness (QED) is 0.770. The minimum atomic E-state index is 0.137. The Kier molecular flexibility index (Phi) is 5.01. The van der Waals surface area contributed by atoms with Crippen LogP contribution in [0.3, 0.4) is 0 Å². The maximum absolute atomic E-state index is 12.6. The lowest BCUT2D eigenvalue weighted by atomic mass is 9.90. The van der Waals surface area contributed by atoms with E-state index in [2.05, 4.69) is 22.1 Å². The van der Waals surface area contributed by atoms with Gasteiger partial charge in [0.05, 0.1) is 5.69 Å². The van der Waals surface area contributed by atoms with E-state index in [-0.39, 0.29) is 11.7 Å². The van der Waals surface area contributed by atoms with E-state index in [1.165, 1.54) is 5.56 Å². The lowest BCUT2D eigenvalue weighted by molar-refractivity contribution is -0.132. The van der Waals surface area contributed by atoms with Crippen molar-refractivity contribution in [3.05, 3.63) is 66.2 Å². The average molecular weight is 361 g/mol. The molecule has 3 aromatic rings. The molecule has 27 heavy (non-hydrogen) atoms. The van der Waals surface area contributed by atoms with Crippen LogP contribution in [0, 0.1) is 0 Å². The average Bonchev–Trinajstić information content (AvgIpc) is 2.74. The molecule has 5 nitrogen and oxygen atoms in total. The maximum Gasteiger partial charge on any atom is 0.222 e. The van der Waals surface area contributed by atoms with Crippen molar-refractivity contribution >= 4 is 16.7 Å². The minimum absolute atomic E-state index is 0.137. The van der Waals surface area contributed by atoms with Gasteiger partial charge in [-0.15, -0.1) is 0 Å². The molecule has 138 valence electrons. The summed E-state index contributed by atoms with van der Waals surface area (Å²) >= 11 is 0. The van der Waals surface area contributed by atoms with Gasteiger partial charge < -0.3 is 10.0 Å². The van der Waals surface area contributed by atoms with Gasteiger partial charge in [-0.3, -0.25) is 14.8 Å². The van der Waals surface area contributed by atoms with Gasteiger partial charge in [0.25, 0.3) is 0 Å². The zero-order chi connectivity index (χ0) is 18.6. The highest BCUT2D eigenvalue weighted by atomic mass is 16.3. The molecule has 1 fully saturated rings. The molecule has 0 bridgehead atoms. The molecule has 0 aliphatic carbocycles. The Balaban J connectivity index is 1.35. The molecule has 0 atom stereocenters. The van der Waals surface area contributed by atoms with E-state index < -0.39 is 0 Å². The summed E-state index contributed by atoms with van der Waals surface area (Å²) in [5, 5.41) is 12.1. The van der Waals surface area contributed by atoms with Crippen LogP contribution in [0.2, 0.25) is 0 Å². The Morgan fingerprint density at radius 3 is 2.63 bits per heavy atom. The number of rotatable bonds is 4. The summed E-state index contributed by atoms with van der Waals surface area (Å²) in [7, 11) is 0. The van der Waals surface area contributed by atoms with Gasteiger partial charge >= 0.3 is 0 Å². The van der Waals surface area contributed by atoms with E-state index in [9.17, 15) is 9.90 Å². The third-order valence-corrected chi connectivity index (χ3v) is 5.45. The first-order valence-corrected chi connectivity index (χ1v) is 9.45. The maximum atomic E-state index is 12.6. The van der Waals surface area contributed by atoms with Crippen molar-refractivity contribution in [3.8, 4) is 5.75 Å². The largest absolute Gasteiger partial charge is 0.505 e. The fraction of sp³-hybridized carbons (Fsp3) is 0.318. The van der Waals surface area contributed by atoms with Crippen LogP contribution in [-0.2, 0) is 11.2 Å². The summed E-state index contributed by atoms with van der Waals surface area (Å²) < 4.78 is 0. The highest BCUT2D eigenvalue weighted by molar-refractivity contribution is 5.88. The molecule has 2 aromatic heterocycles. The number of aromatic hydroxyl groups is 1. The van der Waals surface area contributed by atoms with Gasteiger partial charge in [-0.25, -0.2) is 0 Å². The van der Waals surface area contributed by atoms with Crippen LogP contribution in [0.15, 0.2) is 55.0 Å². The van der Waals surface area contributed by atoms with Gasteiger partial charge in [0.2, 0.25) is 5.91 Å². The molecule has 0 unspecified atom stereocenters. The van der Waals surface area contributed by atoms with Crippen molar-refractivity contribution in [3.63, 3.8) is 0 Å². The van der Waals surface area contributed by atoms with Gasteiger partial charge in [0, 0.05) is 55.3 Å². The van der Waals surface area contributed by atoms with E-state index in [4.69, 9.17) is 0 Å². The number of carbonyl (C=O) groups excluding carboxylic acids is 1. The van der Waals surface area contributed by atoms with Gasteiger partial charge in [0.15, 0.2) is 0 Å². The van der Waals surface area contributed by atoms with Crippen LogP contribution < -0.4 is 0 Å². The summed E-state index contributed by atoms with van der Waals surface area (Å²) in [6.45, 7) is 1.56. The Morgan fingerprint density at radius 2 is 1.85 bits per heavy atom. The fourth-order valence-corrected chi connectivity index (χ4v) is 3.85. The monoisotopic (exact) mass is 361 g/mol. The molecule has 1 aromatic carbocycles. The van der Waals surface area contributed by atoms with E-state index in [0.29, 0.717) is 24.5 Å². The van der Waals surface area contributed by atoms with E-state index in [1.807, 2.05) is 41.6 Å². The first kappa shape index (κ1) is 17.5. The second-order valence-electron chi connectivity index (χ2n) is 7.08. The molecular formula is C22H23N3O2. The van der Waals surface area contributed by atoms with E-state index in [0.717, 1.165) is 36.7 Å². The van der Waals surface area contributed by atoms with Gasteiger partial charge in [-0.2, -0.15) is 0 Å². The Morgan fingerprint density at radius 1 is 1.11 bits per heavy atom. The summed E-state index contributed by atoms with van der Waals surface area (Å²) in [5.74, 6) is 0.832. The van der Waals surface area contributed by atoms with E-state index in [1.54, 1.807) is 6.20 Å². The number of pyridine rings is 2. The molecule has 1 aliphatic rings. The Bertz CT molecular complexity index is 935. The summed E-state index contributed by atoms with van der Waals surface area (Å²) in [6.07, 6.45) is 8.21. The van der Waals surface area contributed by atoms with Crippen LogP contribution in [0.5, 0.6) is 5.75 Å². The number of carbonyl (C=O) groups is 1. The first-order valence-electron chi connectivity index (χ1n) is 9.45. The summed E-state index contributed by atoms with van der Waals surface area (Å²) in [4.78, 5) is 23.0. The molecule has 1 N–H and O–H groups in total. The predicted molar refractivity (Wildman–Crippen MR) is 105 cm³/mol. The molecule has 1 saturated heterocycles. The zero-order valence-corrected chi connectivity index (χ0v) is 15.2. The Labute approximate surface area is 158 Å². The number of likely N-dealkylation sites (tertiary alicyclic amines) is 1. The van der Waals surface area contributed by atoms with Crippen LogP contribution >= 0.6 is 0 Å². The second-order valence-corrected chi connectivity index (χ2v) is 7.08. The molecular weight excluding hydrogens is 338 g/mol. The number of nitrogens with zero attached hydrogens (tertiary/aromatic N) is 3. The van der Waals surface area contributed by atoms with E-state index >= 15 is 0 Å². The topological polar surface area (TPSA) is 66.3 Å². The first-order chi connectivity index (χ1) is 13.2. The number of aryl methyl sites for hydroxylation is 1. The molecule has 3 heterocycles. The van der Waals surface area contributed by atoms with Gasteiger partial charge in [-0.05, 0) is 36.5 Å². The summed E-state index contributed by atoms with van der Waals surface area (Å²) in [6, 6.07) is 11.7. The van der Waals surface area contributed by atoms with Crippen LogP contribution in [0.25, 0.3) is 10.8 Å². The predicted octanol–water partition coefficient (Wildman–Crippen LogP) is 3.67. The van der Waals surface area contributed by atoms with Crippen molar-refractivity contribution in [1.82, 2.24) is 14.9 Å². The number of aromatic nitrogens is 2. The number of amides is 1. The third kappa shape index (κ3) is 3.77. The number of hydrogen-bond donors (Lipinski definition) is 1. The molecule has 0 saturated carbocycles. The standard InChI is InChI=1S/C22H23N3O2/c26-21(25-13-9-17(10-14-25)16-7-11-23-12-8-16)6-5-20-22(27)19-4-2-1-3-18(19)15-24-20/h1-4,7-8,11-12,15,17,27H,5-6,9-10,13-14H2. The fourth-order valence-electron chi connectivity index (χ4n) is 3.85. The Hall–Kier alpha value is -2.95. The number of fused-ring (bicyclic) bond motifs is 1. The molecule has 4 rings (SSSR count). The van der Waals surface area contributed by atoms with Crippen molar-refractivity contribution in [2.24, 2.45) is 0 Å². The minimum Gasteiger partial charge on any atom is -0.505 e. The van der Waals surface area contributed by atoms with Crippen molar-refractivity contribution < 1.29 is 9.90 Å². The molecule has 0 spiro atoms.